The topological polar surface area (TPSA) is 43.7 Å². The molecule has 0 aromatic heterocycles. The maximum atomic E-state index is 15.4. The number of rotatable bonds is 9. The Bertz CT molecular complexity index is 1040. The molecule has 10 heteroatoms. The largest absolute Gasteiger partial charge is 0.508 e. The van der Waals surface area contributed by atoms with E-state index < -0.39 is 30.6 Å². The van der Waals surface area contributed by atoms with Gasteiger partial charge >= 0.3 is 12.1 Å². The van der Waals surface area contributed by atoms with Gasteiger partial charge in [0.2, 0.25) is 0 Å². The minimum absolute atomic E-state index is 0.0357. The zero-order valence-electron chi connectivity index (χ0n) is 22.3. The Morgan fingerprint density at radius 1 is 1.18 bits per heavy atom. The molecule has 2 saturated carbocycles. The molecule has 4 rings (SSSR count). The molecule has 0 saturated heterocycles. The number of aromatic hydroxyl groups is 1. The number of nitrogens with zero attached hydrogens (tertiary/aromatic N) is 1. The molecule has 2 fully saturated rings. The lowest BCUT2D eigenvalue weighted by molar-refractivity contribution is -0.270. The van der Waals surface area contributed by atoms with E-state index in [1.54, 1.807) is 12.1 Å². The van der Waals surface area contributed by atoms with E-state index in [1.165, 1.54) is 17.5 Å². The Labute approximate surface area is 225 Å². The Hall–Kier alpha value is -1.81. The van der Waals surface area contributed by atoms with Crippen LogP contribution in [0.5, 0.6) is 5.75 Å². The van der Waals surface area contributed by atoms with Crippen LogP contribution in [0.15, 0.2) is 30.1 Å². The number of alkyl halides is 6. The number of hydrogen-bond donors (Lipinski definition) is 2. The van der Waals surface area contributed by atoms with Crippen molar-refractivity contribution in [2.45, 2.75) is 88.6 Å². The van der Waals surface area contributed by atoms with Crippen LogP contribution in [0, 0.1) is 23.2 Å². The summed E-state index contributed by atoms with van der Waals surface area (Å²) in [5.74, 6) is -7.10. The first-order valence-electron chi connectivity index (χ1n) is 13.8. The number of fused-ring (bicyclic) bond motifs is 5. The first-order chi connectivity index (χ1) is 18.1. The molecule has 1 unspecified atom stereocenters. The van der Waals surface area contributed by atoms with Gasteiger partial charge in [-0.3, -0.25) is 0 Å². The molecule has 1 aromatic rings. The molecule has 3 aliphatic carbocycles. The van der Waals surface area contributed by atoms with Crippen molar-refractivity contribution in [2.24, 2.45) is 23.2 Å². The van der Waals surface area contributed by atoms with Crippen molar-refractivity contribution >= 4 is 0 Å². The summed E-state index contributed by atoms with van der Waals surface area (Å²) in [5.41, 5.74) is 2.07. The van der Waals surface area contributed by atoms with Gasteiger partial charge in [0.25, 0.3) is 0 Å². The lowest BCUT2D eigenvalue weighted by atomic mass is 9.52. The fraction of sp³-hybridized carbons (Fsp3) is 0.724. The van der Waals surface area contributed by atoms with Crippen molar-refractivity contribution in [1.29, 1.82) is 0 Å². The fourth-order valence-corrected chi connectivity index (χ4v) is 7.60. The molecular weight excluding hydrogens is 527 g/mol. The lowest BCUT2D eigenvalue weighted by Gasteiger charge is -2.53. The molecule has 7 atom stereocenters. The lowest BCUT2D eigenvalue weighted by Crippen LogP contribution is -2.47. The van der Waals surface area contributed by atoms with Gasteiger partial charge < -0.3 is 15.1 Å². The van der Waals surface area contributed by atoms with Crippen LogP contribution in [-0.2, 0) is 6.42 Å². The quantitative estimate of drug-likeness (QED) is 0.308. The SMILES string of the molecule is CN(CC=C(F)C(F)(F)C(F)(F)F)CCCC(F)C[C@@H]1Cc2cc(O)ccc2[C@H]2CC[C@]3(C)[C@@H](O)CC[C@H]3[C@H]12. The predicted molar refractivity (Wildman–Crippen MR) is 134 cm³/mol. The predicted octanol–water partition coefficient (Wildman–Crippen LogP) is 7.33. The molecule has 3 nitrogen and oxygen atoms in total. The van der Waals surface area contributed by atoms with Gasteiger partial charge in [0.1, 0.15) is 11.9 Å². The van der Waals surface area contributed by atoms with Gasteiger partial charge in [0.05, 0.1) is 6.10 Å². The van der Waals surface area contributed by atoms with E-state index in [4.69, 9.17) is 0 Å². The zero-order valence-corrected chi connectivity index (χ0v) is 22.3. The van der Waals surface area contributed by atoms with Gasteiger partial charge in [-0.05, 0) is 123 Å². The molecule has 0 aliphatic heterocycles. The molecule has 2 N–H and O–H groups in total. The summed E-state index contributed by atoms with van der Waals surface area (Å²) in [4.78, 5) is 1.38. The fourth-order valence-electron chi connectivity index (χ4n) is 7.60. The van der Waals surface area contributed by atoms with E-state index >= 15 is 4.39 Å². The highest BCUT2D eigenvalue weighted by molar-refractivity contribution is 5.40. The molecule has 0 heterocycles. The molecular formula is C29H38F7NO2. The van der Waals surface area contributed by atoms with Crippen LogP contribution < -0.4 is 0 Å². The number of halogens is 7. The minimum Gasteiger partial charge on any atom is -0.508 e. The second kappa shape index (κ2) is 11.2. The maximum absolute atomic E-state index is 15.4. The average Bonchev–Trinajstić information content (AvgIpc) is 3.15. The van der Waals surface area contributed by atoms with E-state index in [1.807, 2.05) is 6.07 Å². The third-order valence-corrected chi connectivity index (χ3v) is 9.69. The van der Waals surface area contributed by atoms with Crippen LogP contribution in [-0.4, -0.2) is 59.6 Å². The van der Waals surface area contributed by atoms with Gasteiger partial charge in [0, 0.05) is 6.54 Å². The first kappa shape index (κ1) is 30.2. The van der Waals surface area contributed by atoms with Crippen molar-refractivity contribution in [3.05, 3.63) is 41.2 Å². The number of benzene rings is 1. The van der Waals surface area contributed by atoms with E-state index in [2.05, 4.69) is 6.92 Å². The van der Waals surface area contributed by atoms with Crippen molar-refractivity contribution in [3.8, 4) is 5.75 Å². The Morgan fingerprint density at radius 2 is 1.90 bits per heavy atom. The summed E-state index contributed by atoms with van der Waals surface area (Å²) in [6.45, 7) is 1.91. The number of likely N-dealkylation sites (N-methyl/N-ethyl adjacent to an activating group) is 1. The summed E-state index contributed by atoms with van der Waals surface area (Å²) in [7, 11) is 1.45. The van der Waals surface area contributed by atoms with Crippen LogP contribution >= 0.6 is 0 Å². The Kier molecular flexibility index (Phi) is 8.68. The summed E-state index contributed by atoms with van der Waals surface area (Å²) in [5, 5.41) is 20.8. The van der Waals surface area contributed by atoms with Crippen LogP contribution in [0.3, 0.4) is 0 Å². The molecule has 0 radical (unpaired) electrons. The van der Waals surface area contributed by atoms with Crippen molar-refractivity contribution in [3.63, 3.8) is 0 Å². The van der Waals surface area contributed by atoms with Gasteiger partial charge in [-0.1, -0.05) is 13.0 Å². The summed E-state index contributed by atoms with van der Waals surface area (Å²) >= 11 is 0. The highest BCUT2D eigenvalue weighted by Crippen LogP contribution is 2.62. The number of phenols is 1. The van der Waals surface area contributed by atoms with Crippen LogP contribution in [0.2, 0.25) is 0 Å². The smallest absolute Gasteiger partial charge is 0.460 e. The number of hydrogen-bond acceptors (Lipinski definition) is 3. The Balaban J connectivity index is 1.37. The highest BCUT2D eigenvalue weighted by Gasteiger charge is 2.61. The maximum Gasteiger partial charge on any atom is 0.460 e. The number of aliphatic hydroxyl groups is 1. The molecule has 39 heavy (non-hydrogen) atoms. The molecule has 0 bridgehead atoms. The minimum atomic E-state index is -6.00. The second-order valence-electron chi connectivity index (χ2n) is 12.1. The molecule has 3 aliphatic rings. The molecule has 0 amide bonds. The van der Waals surface area contributed by atoms with Crippen LogP contribution in [0.25, 0.3) is 0 Å². The molecule has 1 aromatic carbocycles. The standard InChI is InChI=1S/C29H38F7NO2/c1-27-11-9-22-21-6-5-20(38)16-17(21)14-18(26(22)23(27)7-8-25(27)39)15-19(30)4-3-12-37(2)13-10-24(31)28(32,33)29(34,35)36/h5-6,10,16,18-19,22-23,25-26,38-39H,3-4,7-9,11-15H2,1-2H3/t18-,19?,22+,23-,25-,26+,27-/m0/s1. The highest BCUT2D eigenvalue weighted by atomic mass is 19.4. The van der Waals surface area contributed by atoms with E-state index in [9.17, 15) is 36.6 Å². The average molecular weight is 566 g/mol. The first-order valence-corrected chi connectivity index (χ1v) is 13.8. The van der Waals surface area contributed by atoms with E-state index in [0.717, 1.165) is 31.2 Å². The van der Waals surface area contributed by atoms with E-state index in [-0.39, 0.29) is 60.0 Å². The number of allylic oxidation sites excluding steroid dienone is 1. The van der Waals surface area contributed by atoms with Gasteiger partial charge in [0.15, 0.2) is 5.83 Å². The number of aliphatic hydroxyl groups excluding tert-OH is 1. The number of phenolic OH excluding ortho intramolecular Hbond substituents is 1. The summed E-state index contributed by atoms with van der Waals surface area (Å²) in [6, 6.07) is 5.46. The summed E-state index contributed by atoms with van der Waals surface area (Å²) in [6.07, 6.45) is -2.37. The van der Waals surface area contributed by atoms with E-state index in [0.29, 0.717) is 19.3 Å². The van der Waals surface area contributed by atoms with Gasteiger partial charge in [-0.2, -0.15) is 22.0 Å². The third kappa shape index (κ3) is 5.97. The zero-order chi connectivity index (χ0) is 28.8. The van der Waals surface area contributed by atoms with Gasteiger partial charge in [-0.25, -0.2) is 8.78 Å². The second-order valence-corrected chi connectivity index (χ2v) is 12.1. The van der Waals surface area contributed by atoms with Crippen LogP contribution in [0.1, 0.15) is 68.9 Å². The van der Waals surface area contributed by atoms with Gasteiger partial charge in [-0.15, -0.1) is 0 Å². The summed E-state index contributed by atoms with van der Waals surface area (Å²) < 4.78 is 91.8. The van der Waals surface area contributed by atoms with Crippen molar-refractivity contribution < 1.29 is 40.9 Å². The molecule has 220 valence electrons. The molecule has 0 spiro atoms. The normalized spacial score (nSPS) is 32.1. The monoisotopic (exact) mass is 565 g/mol. The third-order valence-electron chi connectivity index (χ3n) is 9.69. The van der Waals surface area contributed by atoms with Crippen molar-refractivity contribution in [1.82, 2.24) is 4.90 Å². The van der Waals surface area contributed by atoms with Crippen molar-refractivity contribution in [2.75, 3.05) is 20.1 Å². The van der Waals surface area contributed by atoms with Crippen LogP contribution in [0.4, 0.5) is 30.7 Å². The Morgan fingerprint density at radius 3 is 2.59 bits per heavy atom.